The molecule has 0 bridgehead atoms. The summed E-state index contributed by atoms with van der Waals surface area (Å²) in [5, 5.41) is 13.3. The average molecular weight is 421 g/mol. The first-order valence-corrected chi connectivity index (χ1v) is 10.0. The van der Waals surface area contributed by atoms with E-state index >= 15 is 0 Å². The summed E-state index contributed by atoms with van der Waals surface area (Å²) in [5.41, 5.74) is 1.66. The number of carbonyl (C=O) groups is 1. The van der Waals surface area contributed by atoms with Gasteiger partial charge in [-0.25, -0.2) is 0 Å². The summed E-state index contributed by atoms with van der Waals surface area (Å²) in [4.78, 5) is 12.3. The van der Waals surface area contributed by atoms with Crippen LogP contribution in [0, 0.1) is 0 Å². The zero-order valence-electron chi connectivity index (χ0n) is 14.8. The van der Waals surface area contributed by atoms with Gasteiger partial charge in [0.15, 0.2) is 11.0 Å². The molecule has 2 aromatic carbocycles. The topological polar surface area (TPSA) is 59.8 Å². The maximum Gasteiger partial charge on any atom is 0.251 e. The quantitative estimate of drug-likeness (QED) is 0.575. The number of halogens is 2. The van der Waals surface area contributed by atoms with Gasteiger partial charge in [0, 0.05) is 18.4 Å². The van der Waals surface area contributed by atoms with Crippen molar-refractivity contribution in [1.29, 1.82) is 0 Å². The molecule has 0 aliphatic heterocycles. The Hall–Kier alpha value is -2.02. The third-order valence-electron chi connectivity index (χ3n) is 3.99. The summed E-state index contributed by atoms with van der Waals surface area (Å²) < 4.78 is 1.89. The molecule has 27 heavy (non-hydrogen) atoms. The molecule has 3 rings (SSSR count). The largest absolute Gasteiger partial charge is 0.342 e. The van der Waals surface area contributed by atoms with Gasteiger partial charge in [0.05, 0.1) is 16.1 Å². The monoisotopic (exact) mass is 420 g/mol. The van der Waals surface area contributed by atoms with Crippen molar-refractivity contribution in [2.45, 2.75) is 23.9 Å². The third kappa shape index (κ3) is 4.83. The van der Waals surface area contributed by atoms with Crippen molar-refractivity contribution < 1.29 is 4.79 Å². The molecule has 0 radical (unpaired) electrons. The summed E-state index contributed by atoms with van der Waals surface area (Å²) in [7, 11) is 1.89. The molecule has 0 aliphatic carbocycles. The highest BCUT2D eigenvalue weighted by atomic mass is 35.5. The molecule has 1 heterocycles. The van der Waals surface area contributed by atoms with Crippen LogP contribution in [0.5, 0.6) is 0 Å². The van der Waals surface area contributed by atoms with E-state index < -0.39 is 0 Å². The lowest BCUT2D eigenvalue weighted by atomic mass is 10.2. The second-order valence-corrected chi connectivity index (χ2v) is 7.76. The Labute approximate surface area is 172 Å². The number of rotatable bonds is 6. The standard InChI is InChI=1S/C19H18Cl2N4OS/c1-12(22-18(26)14-6-4-3-5-7-14)17-23-24-19(25(17)2)27-11-13-8-9-15(20)16(21)10-13/h3-10,12H,11H2,1-2H3,(H,22,26)/t12-/m1/s1. The lowest BCUT2D eigenvalue weighted by molar-refractivity contribution is 0.0937. The predicted octanol–water partition coefficient (Wildman–Crippen LogP) is 4.91. The van der Waals surface area contributed by atoms with Crippen molar-refractivity contribution in [1.82, 2.24) is 20.1 Å². The smallest absolute Gasteiger partial charge is 0.251 e. The second-order valence-electron chi connectivity index (χ2n) is 6.00. The summed E-state index contributed by atoms with van der Waals surface area (Å²) in [5.74, 6) is 1.24. The van der Waals surface area contributed by atoms with Gasteiger partial charge in [-0.05, 0) is 36.8 Å². The summed E-state index contributed by atoms with van der Waals surface area (Å²) in [6.07, 6.45) is 0. The first-order chi connectivity index (χ1) is 13.0. The van der Waals surface area contributed by atoms with Crippen LogP contribution in [-0.4, -0.2) is 20.7 Å². The van der Waals surface area contributed by atoms with Gasteiger partial charge in [-0.2, -0.15) is 0 Å². The zero-order chi connectivity index (χ0) is 19.4. The number of carbonyl (C=O) groups excluding carboxylic acids is 1. The molecule has 0 saturated carbocycles. The molecule has 1 atom stereocenters. The van der Waals surface area contributed by atoms with Crippen LogP contribution in [0.1, 0.15) is 34.7 Å². The van der Waals surface area contributed by atoms with Crippen molar-refractivity contribution in [3.05, 3.63) is 75.5 Å². The lowest BCUT2D eigenvalue weighted by Gasteiger charge is -2.13. The zero-order valence-corrected chi connectivity index (χ0v) is 17.1. The van der Waals surface area contributed by atoms with E-state index in [1.165, 1.54) is 0 Å². The van der Waals surface area contributed by atoms with Crippen LogP contribution in [0.2, 0.25) is 10.0 Å². The van der Waals surface area contributed by atoms with Gasteiger partial charge < -0.3 is 9.88 Å². The van der Waals surface area contributed by atoms with Gasteiger partial charge in [-0.3, -0.25) is 4.79 Å². The van der Waals surface area contributed by atoms with E-state index in [1.54, 1.807) is 30.0 Å². The Bertz CT molecular complexity index is 946. The lowest BCUT2D eigenvalue weighted by Crippen LogP contribution is -2.28. The van der Waals surface area contributed by atoms with E-state index in [9.17, 15) is 4.79 Å². The van der Waals surface area contributed by atoms with E-state index in [2.05, 4.69) is 15.5 Å². The Kier molecular flexibility index (Phi) is 6.42. The summed E-state index contributed by atoms with van der Waals surface area (Å²) in [6.45, 7) is 1.89. The van der Waals surface area contributed by atoms with E-state index in [1.807, 2.05) is 48.9 Å². The number of benzene rings is 2. The number of hydrogen-bond donors (Lipinski definition) is 1. The molecule has 0 spiro atoms. The van der Waals surface area contributed by atoms with Gasteiger partial charge in [0.1, 0.15) is 0 Å². The summed E-state index contributed by atoms with van der Waals surface area (Å²) in [6, 6.07) is 14.4. The van der Waals surface area contributed by atoms with Crippen molar-refractivity contribution in [2.24, 2.45) is 7.05 Å². The Morgan fingerprint density at radius 1 is 1.15 bits per heavy atom. The minimum absolute atomic E-state index is 0.142. The molecule has 1 aromatic heterocycles. The van der Waals surface area contributed by atoms with E-state index in [0.717, 1.165) is 10.7 Å². The van der Waals surface area contributed by atoms with E-state index in [0.29, 0.717) is 27.2 Å². The third-order valence-corrected chi connectivity index (χ3v) is 5.82. The number of aromatic nitrogens is 3. The van der Waals surface area contributed by atoms with Crippen molar-refractivity contribution in [3.63, 3.8) is 0 Å². The number of hydrogen-bond acceptors (Lipinski definition) is 4. The molecule has 5 nitrogen and oxygen atoms in total. The van der Waals surface area contributed by atoms with E-state index in [-0.39, 0.29) is 11.9 Å². The van der Waals surface area contributed by atoms with Crippen LogP contribution in [0.4, 0.5) is 0 Å². The SMILES string of the molecule is C[C@@H](NC(=O)c1ccccc1)c1nnc(SCc2ccc(Cl)c(Cl)c2)n1C. The fourth-order valence-electron chi connectivity index (χ4n) is 2.54. The Morgan fingerprint density at radius 2 is 1.89 bits per heavy atom. The number of amides is 1. The maximum atomic E-state index is 12.3. The summed E-state index contributed by atoms with van der Waals surface area (Å²) >= 11 is 13.5. The van der Waals surface area contributed by atoms with E-state index in [4.69, 9.17) is 23.2 Å². The maximum absolute atomic E-state index is 12.3. The van der Waals surface area contributed by atoms with Gasteiger partial charge in [-0.1, -0.05) is 59.2 Å². The first-order valence-electron chi connectivity index (χ1n) is 8.27. The molecular formula is C19H18Cl2N4OS. The number of nitrogens with zero attached hydrogens (tertiary/aromatic N) is 3. The minimum atomic E-state index is -0.269. The van der Waals surface area contributed by atoms with Crippen LogP contribution in [0.15, 0.2) is 53.7 Å². The average Bonchev–Trinajstić information content (AvgIpc) is 3.04. The van der Waals surface area contributed by atoms with Crippen LogP contribution >= 0.6 is 35.0 Å². The highest BCUT2D eigenvalue weighted by molar-refractivity contribution is 7.98. The van der Waals surface area contributed by atoms with Gasteiger partial charge in [0.25, 0.3) is 5.91 Å². The van der Waals surface area contributed by atoms with Crippen molar-refractivity contribution in [2.75, 3.05) is 0 Å². The Balaban J connectivity index is 1.65. The van der Waals surface area contributed by atoms with Crippen LogP contribution in [0.25, 0.3) is 0 Å². The fourth-order valence-corrected chi connectivity index (χ4v) is 3.72. The molecular weight excluding hydrogens is 403 g/mol. The molecule has 0 aliphatic rings. The molecule has 1 N–H and O–H groups in total. The van der Waals surface area contributed by atoms with Gasteiger partial charge >= 0.3 is 0 Å². The van der Waals surface area contributed by atoms with Gasteiger partial charge in [-0.15, -0.1) is 10.2 Å². The molecule has 0 fully saturated rings. The van der Waals surface area contributed by atoms with Crippen LogP contribution in [-0.2, 0) is 12.8 Å². The fraction of sp³-hybridized carbons (Fsp3) is 0.211. The predicted molar refractivity (Wildman–Crippen MR) is 109 cm³/mol. The van der Waals surface area contributed by atoms with Crippen molar-refractivity contribution in [3.8, 4) is 0 Å². The normalized spacial score (nSPS) is 12.0. The van der Waals surface area contributed by atoms with Crippen LogP contribution in [0.3, 0.4) is 0 Å². The highest BCUT2D eigenvalue weighted by Gasteiger charge is 2.18. The molecule has 8 heteroatoms. The minimum Gasteiger partial charge on any atom is -0.342 e. The second kappa shape index (κ2) is 8.78. The first kappa shape index (κ1) is 19.7. The van der Waals surface area contributed by atoms with Crippen molar-refractivity contribution >= 4 is 40.9 Å². The molecule has 3 aromatic rings. The Morgan fingerprint density at radius 3 is 2.59 bits per heavy atom. The molecule has 0 saturated heterocycles. The molecule has 1 amide bonds. The molecule has 140 valence electrons. The van der Waals surface area contributed by atoms with Gasteiger partial charge in [0.2, 0.25) is 0 Å². The highest BCUT2D eigenvalue weighted by Crippen LogP contribution is 2.27. The number of nitrogens with one attached hydrogen (secondary N) is 1. The molecule has 0 unspecified atom stereocenters. The van der Waals surface area contributed by atoms with Crippen LogP contribution < -0.4 is 5.32 Å². The number of thioether (sulfide) groups is 1.